The first-order valence-corrected chi connectivity index (χ1v) is 8.33. The van der Waals surface area contributed by atoms with Crippen LogP contribution in [0.15, 0.2) is 0 Å². The Morgan fingerprint density at radius 1 is 1.05 bits per heavy atom. The van der Waals surface area contributed by atoms with Crippen LogP contribution in [0.25, 0.3) is 0 Å². The molecule has 2 saturated carbocycles. The van der Waals surface area contributed by atoms with E-state index in [1.165, 1.54) is 32.1 Å². The number of carboxylic acid groups (broad SMARTS) is 1. The van der Waals surface area contributed by atoms with E-state index >= 15 is 0 Å². The molecule has 0 aliphatic heterocycles. The summed E-state index contributed by atoms with van der Waals surface area (Å²) in [6, 6.07) is 0.365. The van der Waals surface area contributed by atoms with Crippen molar-refractivity contribution in [3.8, 4) is 0 Å². The monoisotopic (exact) mass is 296 g/mol. The first-order chi connectivity index (χ1) is 10.1. The number of amides is 1. The Kier molecular flexibility index (Phi) is 6.03. The van der Waals surface area contributed by atoms with E-state index in [1.54, 1.807) is 0 Å². The van der Waals surface area contributed by atoms with Crippen LogP contribution >= 0.6 is 0 Å². The summed E-state index contributed by atoms with van der Waals surface area (Å²) in [5.41, 5.74) is 0. The highest BCUT2D eigenvalue weighted by Crippen LogP contribution is 2.29. The van der Waals surface area contributed by atoms with Gasteiger partial charge in [0.2, 0.25) is 5.91 Å². The molecule has 0 aromatic rings. The van der Waals surface area contributed by atoms with Gasteiger partial charge in [0, 0.05) is 19.1 Å². The smallest absolute Gasteiger partial charge is 0.317 e. The van der Waals surface area contributed by atoms with E-state index in [1.807, 2.05) is 16.7 Å². The van der Waals surface area contributed by atoms with Gasteiger partial charge in [-0.05, 0) is 38.5 Å². The third-order valence-electron chi connectivity index (χ3n) is 4.61. The molecular weight excluding hydrogens is 268 g/mol. The van der Waals surface area contributed by atoms with Crippen molar-refractivity contribution >= 4 is 11.9 Å². The van der Waals surface area contributed by atoms with Crippen LogP contribution in [-0.2, 0) is 9.59 Å². The van der Waals surface area contributed by atoms with Crippen molar-refractivity contribution in [3.63, 3.8) is 0 Å². The van der Waals surface area contributed by atoms with Crippen molar-refractivity contribution in [2.45, 2.75) is 57.9 Å². The lowest BCUT2D eigenvalue weighted by atomic mass is 9.94. The molecule has 0 saturated heterocycles. The van der Waals surface area contributed by atoms with Gasteiger partial charge in [0.25, 0.3) is 0 Å². The Labute approximate surface area is 127 Å². The molecule has 0 atom stereocenters. The molecule has 0 aromatic heterocycles. The normalized spacial score (nSPS) is 19.7. The Hall–Kier alpha value is -1.10. The summed E-state index contributed by atoms with van der Waals surface area (Å²) in [6.45, 7) is 3.74. The molecule has 1 amide bonds. The van der Waals surface area contributed by atoms with Gasteiger partial charge in [-0.1, -0.05) is 19.3 Å². The van der Waals surface area contributed by atoms with E-state index in [4.69, 9.17) is 5.11 Å². The van der Waals surface area contributed by atoms with Crippen LogP contribution in [0.1, 0.15) is 51.9 Å². The third-order valence-corrected chi connectivity index (χ3v) is 4.61. The van der Waals surface area contributed by atoms with Gasteiger partial charge in [0.15, 0.2) is 0 Å². The fraction of sp³-hybridized carbons (Fsp3) is 0.875. The van der Waals surface area contributed by atoms with Gasteiger partial charge in [0.1, 0.15) is 0 Å². The zero-order valence-corrected chi connectivity index (χ0v) is 13.1. The first-order valence-electron chi connectivity index (χ1n) is 8.33. The molecule has 0 aromatic carbocycles. The molecular formula is C16H28N2O3. The highest BCUT2D eigenvalue weighted by atomic mass is 16.4. The van der Waals surface area contributed by atoms with Crippen LogP contribution in [0.2, 0.25) is 0 Å². The molecule has 21 heavy (non-hydrogen) atoms. The molecule has 5 nitrogen and oxygen atoms in total. The van der Waals surface area contributed by atoms with Crippen molar-refractivity contribution in [2.75, 3.05) is 26.2 Å². The Balaban J connectivity index is 1.89. The Bertz CT molecular complexity index is 363. The molecule has 5 heteroatoms. The van der Waals surface area contributed by atoms with Gasteiger partial charge in [-0.2, -0.15) is 0 Å². The van der Waals surface area contributed by atoms with E-state index in [0.717, 1.165) is 25.9 Å². The summed E-state index contributed by atoms with van der Waals surface area (Å²) in [5, 5.41) is 9.01. The third kappa shape index (κ3) is 5.30. The number of carbonyl (C=O) groups excluding carboxylic acids is 1. The standard InChI is InChI=1S/C16H28N2O3/c1-2-18(14-6-4-3-5-7-14)15(19)11-17(12-16(20)21)10-13-8-9-13/h13-14H,2-12H2,1H3,(H,20,21). The van der Waals surface area contributed by atoms with Crippen molar-refractivity contribution in [1.82, 2.24) is 9.80 Å². The summed E-state index contributed by atoms with van der Waals surface area (Å²) >= 11 is 0. The molecule has 2 aliphatic rings. The minimum Gasteiger partial charge on any atom is -0.480 e. The maximum absolute atomic E-state index is 12.6. The number of aliphatic carboxylic acids is 1. The number of carboxylic acids is 1. The average molecular weight is 296 g/mol. The zero-order chi connectivity index (χ0) is 15.2. The van der Waals surface area contributed by atoms with Crippen LogP contribution in [0.5, 0.6) is 0 Å². The van der Waals surface area contributed by atoms with Crippen LogP contribution in [-0.4, -0.2) is 59.0 Å². The average Bonchev–Trinajstić information content (AvgIpc) is 3.24. The minimum atomic E-state index is -0.843. The molecule has 2 fully saturated rings. The van der Waals surface area contributed by atoms with Gasteiger partial charge in [-0.25, -0.2) is 0 Å². The SMILES string of the molecule is CCN(C(=O)CN(CC(=O)O)CC1CC1)C1CCCCC1. The van der Waals surface area contributed by atoms with E-state index in [-0.39, 0.29) is 19.0 Å². The predicted octanol–water partition coefficient (Wildman–Crippen LogP) is 1.96. The largest absolute Gasteiger partial charge is 0.480 e. The number of likely N-dealkylation sites (N-methyl/N-ethyl adjacent to an activating group) is 1. The van der Waals surface area contributed by atoms with Crippen molar-refractivity contribution in [2.24, 2.45) is 5.92 Å². The summed E-state index contributed by atoms with van der Waals surface area (Å²) in [6.07, 6.45) is 8.22. The fourth-order valence-corrected chi connectivity index (χ4v) is 3.35. The van der Waals surface area contributed by atoms with Gasteiger partial charge >= 0.3 is 5.97 Å². The van der Waals surface area contributed by atoms with Gasteiger partial charge in [-0.15, -0.1) is 0 Å². The molecule has 120 valence electrons. The maximum atomic E-state index is 12.6. The fourth-order valence-electron chi connectivity index (χ4n) is 3.35. The van der Waals surface area contributed by atoms with Crippen LogP contribution in [0.3, 0.4) is 0 Å². The van der Waals surface area contributed by atoms with E-state index in [2.05, 4.69) is 0 Å². The van der Waals surface area contributed by atoms with Gasteiger partial charge in [0.05, 0.1) is 13.1 Å². The molecule has 2 aliphatic carbocycles. The lowest BCUT2D eigenvalue weighted by molar-refractivity contribution is -0.140. The number of rotatable bonds is 8. The van der Waals surface area contributed by atoms with Crippen LogP contribution in [0.4, 0.5) is 0 Å². The van der Waals surface area contributed by atoms with Gasteiger partial charge in [-0.3, -0.25) is 14.5 Å². The lowest BCUT2D eigenvalue weighted by Gasteiger charge is -2.35. The minimum absolute atomic E-state index is 0.0234. The van der Waals surface area contributed by atoms with Crippen molar-refractivity contribution in [1.29, 1.82) is 0 Å². The molecule has 0 unspecified atom stereocenters. The second-order valence-electron chi connectivity index (χ2n) is 6.48. The summed E-state index contributed by atoms with van der Waals surface area (Å²) < 4.78 is 0. The Morgan fingerprint density at radius 3 is 2.24 bits per heavy atom. The molecule has 0 radical (unpaired) electrons. The van der Waals surface area contributed by atoms with Crippen molar-refractivity contribution < 1.29 is 14.7 Å². The molecule has 0 heterocycles. The van der Waals surface area contributed by atoms with E-state index in [0.29, 0.717) is 12.0 Å². The predicted molar refractivity (Wildman–Crippen MR) is 81.1 cm³/mol. The second-order valence-corrected chi connectivity index (χ2v) is 6.48. The van der Waals surface area contributed by atoms with E-state index in [9.17, 15) is 9.59 Å². The molecule has 0 spiro atoms. The van der Waals surface area contributed by atoms with Crippen LogP contribution < -0.4 is 0 Å². The Morgan fingerprint density at radius 2 is 1.71 bits per heavy atom. The maximum Gasteiger partial charge on any atom is 0.317 e. The quantitative estimate of drug-likeness (QED) is 0.744. The number of nitrogens with zero attached hydrogens (tertiary/aromatic N) is 2. The summed E-state index contributed by atoms with van der Waals surface area (Å²) in [5.74, 6) is -0.141. The van der Waals surface area contributed by atoms with Crippen LogP contribution in [0, 0.1) is 5.92 Å². The number of hydrogen-bond donors (Lipinski definition) is 1. The number of hydrogen-bond acceptors (Lipinski definition) is 3. The number of carbonyl (C=O) groups is 2. The van der Waals surface area contributed by atoms with E-state index < -0.39 is 5.97 Å². The highest BCUT2D eigenvalue weighted by molar-refractivity contribution is 5.79. The molecule has 0 bridgehead atoms. The highest BCUT2D eigenvalue weighted by Gasteiger charge is 2.29. The van der Waals surface area contributed by atoms with Crippen molar-refractivity contribution in [3.05, 3.63) is 0 Å². The molecule has 1 N–H and O–H groups in total. The lowest BCUT2D eigenvalue weighted by Crippen LogP contribution is -2.47. The second kappa shape index (κ2) is 7.78. The molecule has 2 rings (SSSR count). The van der Waals surface area contributed by atoms with Gasteiger partial charge < -0.3 is 10.0 Å². The first kappa shape index (κ1) is 16.3. The zero-order valence-electron chi connectivity index (χ0n) is 13.1. The summed E-state index contributed by atoms with van der Waals surface area (Å²) in [4.78, 5) is 27.3. The summed E-state index contributed by atoms with van der Waals surface area (Å²) in [7, 11) is 0. The topological polar surface area (TPSA) is 60.9 Å².